The predicted molar refractivity (Wildman–Crippen MR) is 86.1 cm³/mol. The highest BCUT2D eigenvalue weighted by Gasteiger charge is 2.50. The van der Waals surface area contributed by atoms with E-state index in [0.717, 1.165) is 10.0 Å². The summed E-state index contributed by atoms with van der Waals surface area (Å²) in [5, 5.41) is 12.5. The van der Waals surface area contributed by atoms with E-state index in [1.54, 1.807) is 0 Å². The highest BCUT2D eigenvalue weighted by Crippen LogP contribution is 2.45. The van der Waals surface area contributed by atoms with Crippen LogP contribution in [-0.2, 0) is 10.2 Å². The largest absolute Gasteiger partial charge is 0.393 e. The van der Waals surface area contributed by atoms with Gasteiger partial charge in [-0.15, -0.1) is 0 Å². The number of aliphatic hydroxyl groups excluding tert-OH is 1. The van der Waals surface area contributed by atoms with Crippen LogP contribution in [0.1, 0.15) is 18.4 Å². The van der Waals surface area contributed by atoms with Crippen molar-refractivity contribution in [2.45, 2.75) is 24.4 Å². The fourth-order valence-corrected chi connectivity index (χ4v) is 3.11. The van der Waals surface area contributed by atoms with E-state index in [0.29, 0.717) is 18.5 Å². The van der Waals surface area contributed by atoms with Crippen molar-refractivity contribution in [3.63, 3.8) is 0 Å². The smallest absolute Gasteiger partial charge is 0.235 e. The molecule has 0 saturated heterocycles. The summed E-state index contributed by atoms with van der Waals surface area (Å²) < 4.78 is 13.9. The molecule has 0 heterocycles. The number of rotatable bonds is 3. The van der Waals surface area contributed by atoms with Gasteiger partial charge in [-0.2, -0.15) is 0 Å². The van der Waals surface area contributed by atoms with E-state index in [9.17, 15) is 14.3 Å². The van der Waals surface area contributed by atoms with Gasteiger partial charge in [-0.25, -0.2) is 4.39 Å². The van der Waals surface area contributed by atoms with Gasteiger partial charge < -0.3 is 10.4 Å². The molecule has 114 valence electrons. The average molecular weight is 364 g/mol. The molecule has 0 unspecified atom stereocenters. The molecule has 0 bridgehead atoms. The van der Waals surface area contributed by atoms with Crippen LogP contribution < -0.4 is 5.32 Å². The summed E-state index contributed by atoms with van der Waals surface area (Å²) >= 11 is 3.38. The minimum Gasteiger partial charge on any atom is -0.393 e. The summed E-state index contributed by atoms with van der Waals surface area (Å²) in [6, 6.07) is 13.2. The molecule has 0 radical (unpaired) electrons. The Balaban J connectivity index is 1.85. The van der Waals surface area contributed by atoms with E-state index in [-0.39, 0.29) is 11.7 Å². The van der Waals surface area contributed by atoms with Crippen LogP contribution in [0.15, 0.2) is 53.0 Å². The third-order valence-electron chi connectivity index (χ3n) is 4.10. The Morgan fingerprint density at radius 2 is 1.73 bits per heavy atom. The van der Waals surface area contributed by atoms with Crippen molar-refractivity contribution in [3.05, 3.63) is 64.4 Å². The average Bonchev–Trinajstić information content (AvgIpc) is 2.47. The quantitative estimate of drug-likeness (QED) is 0.874. The summed E-state index contributed by atoms with van der Waals surface area (Å²) in [6.45, 7) is 0. The molecule has 2 aromatic rings. The first-order valence-electron chi connectivity index (χ1n) is 7.01. The second-order valence-corrected chi connectivity index (χ2v) is 6.53. The number of hydrogen-bond donors (Lipinski definition) is 2. The highest BCUT2D eigenvalue weighted by atomic mass is 79.9. The molecule has 1 fully saturated rings. The Bertz CT molecular complexity index is 679. The number of carbonyl (C=O) groups excluding carboxylic acids is 1. The molecule has 1 aliphatic carbocycles. The highest BCUT2D eigenvalue weighted by molar-refractivity contribution is 9.10. The van der Waals surface area contributed by atoms with E-state index in [2.05, 4.69) is 21.2 Å². The third kappa shape index (κ3) is 2.78. The molecular weight excluding hydrogens is 349 g/mol. The van der Waals surface area contributed by atoms with Crippen molar-refractivity contribution >= 4 is 27.5 Å². The third-order valence-corrected chi connectivity index (χ3v) is 4.63. The van der Waals surface area contributed by atoms with Gasteiger partial charge in [0.2, 0.25) is 5.91 Å². The molecule has 3 rings (SSSR count). The Kier molecular flexibility index (Phi) is 4.02. The lowest BCUT2D eigenvalue weighted by molar-refractivity contribution is -0.129. The summed E-state index contributed by atoms with van der Waals surface area (Å²) in [4.78, 5) is 12.7. The number of nitrogens with one attached hydrogen (secondary N) is 1. The molecule has 2 aromatic carbocycles. The maximum absolute atomic E-state index is 12.9. The summed E-state index contributed by atoms with van der Waals surface area (Å²) in [5.41, 5.74) is 0.694. The Labute approximate surface area is 136 Å². The number of hydrogen-bond acceptors (Lipinski definition) is 2. The minimum absolute atomic E-state index is 0.174. The zero-order chi connectivity index (χ0) is 15.7. The van der Waals surface area contributed by atoms with Crippen LogP contribution >= 0.6 is 15.9 Å². The number of carbonyl (C=O) groups is 1. The molecule has 0 spiro atoms. The van der Waals surface area contributed by atoms with Crippen molar-refractivity contribution in [1.82, 2.24) is 0 Å². The summed E-state index contributed by atoms with van der Waals surface area (Å²) in [6.07, 6.45) is 0.311. The first-order chi connectivity index (χ1) is 10.5. The minimum atomic E-state index is -0.728. The molecule has 0 aliphatic heterocycles. The number of halogens is 2. The van der Waals surface area contributed by atoms with Gasteiger partial charge in [0.15, 0.2) is 0 Å². The Morgan fingerprint density at radius 3 is 2.27 bits per heavy atom. The molecule has 5 heteroatoms. The van der Waals surface area contributed by atoms with Crippen molar-refractivity contribution in [3.8, 4) is 0 Å². The van der Waals surface area contributed by atoms with Crippen LogP contribution in [0.2, 0.25) is 0 Å². The zero-order valence-electron chi connectivity index (χ0n) is 11.7. The fourth-order valence-electron chi connectivity index (χ4n) is 2.85. The Morgan fingerprint density at radius 1 is 1.14 bits per heavy atom. The van der Waals surface area contributed by atoms with E-state index in [1.165, 1.54) is 24.3 Å². The maximum atomic E-state index is 12.9. The Hall–Kier alpha value is -1.72. The first kappa shape index (κ1) is 15.2. The normalized spacial score (nSPS) is 23.7. The van der Waals surface area contributed by atoms with Gasteiger partial charge in [0.1, 0.15) is 5.82 Å². The van der Waals surface area contributed by atoms with Crippen LogP contribution in [0.3, 0.4) is 0 Å². The molecule has 0 aromatic heterocycles. The second-order valence-electron chi connectivity index (χ2n) is 5.61. The molecule has 2 N–H and O–H groups in total. The van der Waals surface area contributed by atoms with Crippen molar-refractivity contribution in [2.24, 2.45) is 0 Å². The lowest BCUT2D eigenvalue weighted by Gasteiger charge is -2.44. The molecule has 3 nitrogen and oxygen atoms in total. The van der Waals surface area contributed by atoms with Crippen molar-refractivity contribution in [2.75, 3.05) is 5.32 Å². The van der Waals surface area contributed by atoms with Gasteiger partial charge in [0, 0.05) is 10.2 Å². The van der Waals surface area contributed by atoms with E-state index in [4.69, 9.17) is 0 Å². The molecule has 1 amide bonds. The number of anilines is 1. The molecule has 1 saturated carbocycles. The molecular formula is C17H15BrFNO2. The van der Waals surface area contributed by atoms with Crippen LogP contribution in [0.4, 0.5) is 10.1 Å². The van der Waals surface area contributed by atoms with E-state index in [1.807, 2.05) is 24.3 Å². The van der Waals surface area contributed by atoms with Gasteiger partial charge in [-0.3, -0.25) is 4.79 Å². The van der Waals surface area contributed by atoms with Gasteiger partial charge in [-0.05, 0) is 54.8 Å². The summed E-state index contributed by atoms with van der Waals surface area (Å²) in [5.74, 6) is -0.522. The lowest BCUT2D eigenvalue weighted by atomic mass is 9.62. The van der Waals surface area contributed by atoms with Crippen LogP contribution in [-0.4, -0.2) is 17.1 Å². The first-order valence-corrected chi connectivity index (χ1v) is 7.80. The lowest BCUT2D eigenvalue weighted by Crippen LogP contribution is -2.53. The molecule has 0 atom stereocenters. The van der Waals surface area contributed by atoms with Crippen molar-refractivity contribution in [1.29, 1.82) is 0 Å². The number of aliphatic hydroxyl groups is 1. The van der Waals surface area contributed by atoms with Crippen molar-refractivity contribution < 1.29 is 14.3 Å². The molecule has 1 aliphatic rings. The van der Waals surface area contributed by atoms with Crippen LogP contribution in [0, 0.1) is 5.82 Å². The summed E-state index contributed by atoms with van der Waals surface area (Å²) in [7, 11) is 0. The SMILES string of the molecule is O=C(Nc1ccc(F)cc1)C1(c2ccc(Br)cc2)CC(O)C1. The van der Waals surface area contributed by atoms with Gasteiger partial charge in [0.05, 0.1) is 11.5 Å². The fraction of sp³-hybridized carbons (Fsp3) is 0.235. The predicted octanol–water partition coefficient (Wildman–Crippen LogP) is 3.62. The zero-order valence-corrected chi connectivity index (χ0v) is 13.3. The van der Waals surface area contributed by atoms with Crippen LogP contribution in [0.5, 0.6) is 0 Å². The van der Waals surface area contributed by atoms with Crippen LogP contribution in [0.25, 0.3) is 0 Å². The number of benzene rings is 2. The topological polar surface area (TPSA) is 49.3 Å². The second kappa shape index (κ2) is 5.82. The molecule has 22 heavy (non-hydrogen) atoms. The number of amides is 1. The standard InChI is InChI=1S/C17H15BrFNO2/c18-12-3-1-11(2-4-12)17(9-15(21)10-17)16(22)20-14-7-5-13(19)6-8-14/h1-8,15,21H,9-10H2,(H,20,22). The van der Waals surface area contributed by atoms with E-state index < -0.39 is 11.5 Å². The van der Waals surface area contributed by atoms with Gasteiger partial charge >= 0.3 is 0 Å². The maximum Gasteiger partial charge on any atom is 0.235 e. The van der Waals surface area contributed by atoms with Gasteiger partial charge in [0.25, 0.3) is 0 Å². The van der Waals surface area contributed by atoms with E-state index >= 15 is 0 Å². The monoisotopic (exact) mass is 363 g/mol. The van der Waals surface area contributed by atoms with Gasteiger partial charge in [-0.1, -0.05) is 28.1 Å².